The summed E-state index contributed by atoms with van der Waals surface area (Å²) in [7, 11) is 0. The molecule has 0 fully saturated rings. The fraction of sp³-hybridized carbons (Fsp3) is 0.435. The van der Waals surface area contributed by atoms with Crippen molar-refractivity contribution in [2.45, 2.75) is 58.3 Å². The molecule has 0 unspecified atom stereocenters. The molecule has 146 valence electrons. The molecule has 0 atom stereocenters. The number of hydrogen-bond acceptors (Lipinski definition) is 4. The zero-order valence-corrected chi connectivity index (χ0v) is 16.2. The number of aromatic hydroxyl groups is 1. The van der Waals surface area contributed by atoms with Crippen molar-refractivity contribution in [3.8, 4) is 17.2 Å². The van der Waals surface area contributed by atoms with Gasteiger partial charge in [0, 0.05) is 0 Å². The SMILES string of the molecule is CCCCCCCCCCOc1ccc(C(=O)Oc2ccc(O)cc2)cc1. The number of benzene rings is 2. The second kappa shape index (κ2) is 12.0. The highest BCUT2D eigenvalue weighted by Gasteiger charge is 2.08. The highest BCUT2D eigenvalue weighted by Crippen LogP contribution is 2.19. The predicted octanol–water partition coefficient (Wildman–Crippen LogP) is 6.13. The van der Waals surface area contributed by atoms with Crippen LogP contribution in [0.5, 0.6) is 17.2 Å². The molecule has 0 saturated carbocycles. The van der Waals surface area contributed by atoms with Crippen LogP contribution < -0.4 is 9.47 Å². The van der Waals surface area contributed by atoms with E-state index in [0.29, 0.717) is 17.9 Å². The Morgan fingerprint density at radius 2 is 1.33 bits per heavy atom. The van der Waals surface area contributed by atoms with E-state index in [9.17, 15) is 9.90 Å². The van der Waals surface area contributed by atoms with Crippen LogP contribution in [-0.2, 0) is 0 Å². The Hall–Kier alpha value is -2.49. The lowest BCUT2D eigenvalue weighted by Crippen LogP contribution is -2.08. The molecule has 0 aliphatic heterocycles. The summed E-state index contributed by atoms with van der Waals surface area (Å²) in [6, 6.07) is 13.0. The molecule has 2 rings (SSSR count). The Kier molecular flexibility index (Phi) is 9.25. The number of ether oxygens (including phenoxy) is 2. The highest BCUT2D eigenvalue weighted by atomic mass is 16.5. The van der Waals surface area contributed by atoms with E-state index in [4.69, 9.17) is 9.47 Å². The third kappa shape index (κ3) is 8.16. The van der Waals surface area contributed by atoms with Gasteiger partial charge in [-0.2, -0.15) is 0 Å². The summed E-state index contributed by atoms with van der Waals surface area (Å²) in [6.07, 6.45) is 10.2. The van der Waals surface area contributed by atoms with E-state index < -0.39 is 5.97 Å². The van der Waals surface area contributed by atoms with Gasteiger partial charge in [-0.1, -0.05) is 51.9 Å². The fourth-order valence-corrected chi connectivity index (χ4v) is 2.79. The molecule has 27 heavy (non-hydrogen) atoms. The lowest BCUT2D eigenvalue weighted by Gasteiger charge is -2.08. The third-order valence-electron chi connectivity index (χ3n) is 4.40. The summed E-state index contributed by atoms with van der Waals surface area (Å²) >= 11 is 0. The van der Waals surface area contributed by atoms with Gasteiger partial charge >= 0.3 is 5.97 Å². The number of carbonyl (C=O) groups is 1. The topological polar surface area (TPSA) is 55.8 Å². The number of phenols is 1. The normalized spacial score (nSPS) is 10.6. The molecule has 1 N–H and O–H groups in total. The van der Waals surface area contributed by atoms with Crippen molar-refractivity contribution in [2.75, 3.05) is 6.61 Å². The van der Waals surface area contributed by atoms with Crippen molar-refractivity contribution in [2.24, 2.45) is 0 Å². The maximum absolute atomic E-state index is 12.1. The smallest absolute Gasteiger partial charge is 0.343 e. The van der Waals surface area contributed by atoms with Crippen LogP contribution in [0.25, 0.3) is 0 Å². The molecular weight excluding hydrogens is 340 g/mol. The van der Waals surface area contributed by atoms with Gasteiger partial charge in [-0.3, -0.25) is 0 Å². The number of esters is 1. The van der Waals surface area contributed by atoms with E-state index in [0.717, 1.165) is 12.2 Å². The zero-order chi connectivity index (χ0) is 19.3. The Morgan fingerprint density at radius 1 is 0.778 bits per heavy atom. The lowest BCUT2D eigenvalue weighted by molar-refractivity contribution is 0.0734. The van der Waals surface area contributed by atoms with Crippen molar-refractivity contribution in [1.82, 2.24) is 0 Å². The quantitative estimate of drug-likeness (QED) is 0.277. The first kappa shape index (κ1) is 20.8. The minimum atomic E-state index is -0.435. The average Bonchev–Trinajstić information content (AvgIpc) is 2.69. The molecule has 4 heteroatoms. The molecule has 0 aromatic heterocycles. The van der Waals surface area contributed by atoms with Gasteiger partial charge in [0.15, 0.2) is 0 Å². The summed E-state index contributed by atoms with van der Waals surface area (Å²) in [6.45, 7) is 2.94. The van der Waals surface area contributed by atoms with Gasteiger partial charge in [-0.15, -0.1) is 0 Å². The molecule has 2 aromatic carbocycles. The summed E-state index contributed by atoms with van der Waals surface area (Å²) in [5, 5.41) is 9.25. The summed E-state index contributed by atoms with van der Waals surface area (Å²) in [5.41, 5.74) is 0.461. The Balaban J connectivity index is 1.64. The van der Waals surface area contributed by atoms with Gasteiger partial charge in [0.2, 0.25) is 0 Å². The first-order valence-electron chi connectivity index (χ1n) is 9.93. The number of phenolic OH excluding ortho intramolecular Hbond substituents is 1. The number of carbonyl (C=O) groups excluding carboxylic acids is 1. The standard InChI is InChI=1S/C23H30O4/c1-2-3-4-5-6-7-8-9-18-26-21-14-10-19(11-15-21)23(25)27-22-16-12-20(24)13-17-22/h10-17,24H,2-9,18H2,1H3. The maximum atomic E-state index is 12.1. The van der Waals surface area contributed by atoms with Gasteiger partial charge in [0.25, 0.3) is 0 Å². The van der Waals surface area contributed by atoms with Crippen LogP contribution in [0.3, 0.4) is 0 Å². The molecule has 0 spiro atoms. The third-order valence-corrected chi connectivity index (χ3v) is 4.40. The predicted molar refractivity (Wildman–Crippen MR) is 108 cm³/mol. The first-order valence-corrected chi connectivity index (χ1v) is 9.93. The Bertz CT molecular complexity index is 662. The fourth-order valence-electron chi connectivity index (χ4n) is 2.79. The summed E-state index contributed by atoms with van der Waals surface area (Å²) in [5.74, 6) is 0.857. The Morgan fingerprint density at radius 3 is 1.96 bits per heavy atom. The van der Waals surface area contributed by atoms with Crippen molar-refractivity contribution in [3.05, 3.63) is 54.1 Å². The van der Waals surface area contributed by atoms with Crippen molar-refractivity contribution in [3.63, 3.8) is 0 Å². The van der Waals surface area contributed by atoms with E-state index in [1.54, 1.807) is 36.4 Å². The van der Waals surface area contributed by atoms with Crippen LogP contribution in [0.15, 0.2) is 48.5 Å². The number of rotatable bonds is 12. The minimum Gasteiger partial charge on any atom is -0.508 e. The van der Waals surface area contributed by atoms with Crippen LogP contribution >= 0.6 is 0 Å². The van der Waals surface area contributed by atoms with Crippen LogP contribution in [0, 0.1) is 0 Å². The van der Waals surface area contributed by atoms with E-state index in [1.807, 2.05) is 0 Å². The first-order chi connectivity index (χ1) is 13.2. The zero-order valence-electron chi connectivity index (χ0n) is 16.2. The van der Waals surface area contributed by atoms with Crippen LogP contribution in [0.1, 0.15) is 68.6 Å². The molecule has 4 nitrogen and oxygen atoms in total. The van der Waals surface area contributed by atoms with Crippen LogP contribution in [0.4, 0.5) is 0 Å². The molecule has 0 saturated heterocycles. The van der Waals surface area contributed by atoms with Gasteiger partial charge in [-0.25, -0.2) is 4.79 Å². The Labute approximate surface area is 162 Å². The molecular formula is C23H30O4. The summed E-state index contributed by atoms with van der Waals surface area (Å²) in [4.78, 5) is 12.1. The van der Waals surface area contributed by atoms with E-state index in [1.165, 1.54) is 57.1 Å². The van der Waals surface area contributed by atoms with E-state index in [2.05, 4.69) is 6.92 Å². The monoisotopic (exact) mass is 370 g/mol. The summed E-state index contributed by atoms with van der Waals surface area (Å²) < 4.78 is 11.0. The molecule has 0 bridgehead atoms. The van der Waals surface area contributed by atoms with Crippen LogP contribution in [0.2, 0.25) is 0 Å². The van der Waals surface area contributed by atoms with Crippen molar-refractivity contribution in [1.29, 1.82) is 0 Å². The molecule has 0 radical (unpaired) electrons. The van der Waals surface area contributed by atoms with Crippen molar-refractivity contribution >= 4 is 5.97 Å². The number of hydrogen-bond donors (Lipinski definition) is 1. The van der Waals surface area contributed by atoms with Gasteiger partial charge in [0.05, 0.1) is 12.2 Å². The highest BCUT2D eigenvalue weighted by molar-refractivity contribution is 5.91. The van der Waals surface area contributed by atoms with Gasteiger partial charge in [-0.05, 0) is 55.0 Å². The second-order valence-electron chi connectivity index (χ2n) is 6.73. The molecule has 0 heterocycles. The second-order valence-corrected chi connectivity index (χ2v) is 6.73. The molecule has 0 aliphatic carbocycles. The lowest BCUT2D eigenvalue weighted by atomic mass is 10.1. The van der Waals surface area contributed by atoms with Crippen LogP contribution in [-0.4, -0.2) is 17.7 Å². The number of unbranched alkanes of at least 4 members (excludes halogenated alkanes) is 7. The average molecular weight is 370 g/mol. The molecule has 0 aliphatic rings. The largest absolute Gasteiger partial charge is 0.508 e. The van der Waals surface area contributed by atoms with Gasteiger partial charge < -0.3 is 14.6 Å². The van der Waals surface area contributed by atoms with Gasteiger partial charge in [0.1, 0.15) is 17.2 Å². The van der Waals surface area contributed by atoms with E-state index >= 15 is 0 Å². The van der Waals surface area contributed by atoms with Crippen molar-refractivity contribution < 1.29 is 19.4 Å². The maximum Gasteiger partial charge on any atom is 0.343 e. The molecule has 2 aromatic rings. The molecule has 0 amide bonds. The van der Waals surface area contributed by atoms with E-state index in [-0.39, 0.29) is 5.75 Å². The minimum absolute atomic E-state index is 0.132.